The minimum Gasteiger partial charge on any atom is -0.480 e. The molecule has 0 aliphatic carbocycles. The molecule has 100 valence electrons. The van der Waals surface area contributed by atoms with Gasteiger partial charge >= 0.3 is 5.97 Å². The Bertz CT molecular complexity index is 401. The standard InChI is InChI=1S/C12H19N3O3/c1-2-3-4-5-6-11(16)14-10-7-13-15(8-10)9-12(17)18/h7-8H,2-6,9H2,1H3,(H,14,16)(H,17,18). The number of carboxylic acids is 1. The van der Waals surface area contributed by atoms with Crippen LogP contribution in [-0.4, -0.2) is 26.8 Å². The first kappa shape index (κ1) is 14.2. The normalized spacial score (nSPS) is 10.3. The molecule has 1 heterocycles. The maximum Gasteiger partial charge on any atom is 0.325 e. The summed E-state index contributed by atoms with van der Waals surface area (Å²) in [4.78, 5) is 22.0. The van der Waals surface area contributed by atoms with Crippen molar-refractivity contribution in [1.82, 2.24) is 9.78 Å². The summed E-state index contributed by atoms with van der Waals surface area (Å²) in [5.41, 5.74) is 0.539. The molecule has 0 spiro atoms. The Balaban J connectivity index is 2.31. The summed E-state index contributed by atoms with van der Waals surface area (Å²) in [6.07, 6.45) is 7.67. The van der Waals surface area contributed by atoms with E-state index in [9.17, 15) is 9.59 Å². The number of aliphatic carboxylic acids is 1. The van der Waals surface area contributed by atoms with Crippen LogP contribution in [-0.2, 0) is 16.1 Å². The highest BCUT2D eigenvalue weighted by Crippen LogP contribution is 2.08. The summed E-state index contributed by atoms with van der Waals surface area (Å²) in [6.45, 7) is 1.92. The van der Waals surface area contributed by atoms with Gasteiger partial charge in [0, 0.05) is 12.6 Å². The largest absolute Gasteiger partial charge is 0.480 e. The lowest BCUT2D eigenvalue weighted by molar-refractivity contribution is -0.137. The molecule has 0 radical (unpaired) electrons. The topological polar surface area (TPSA) is 84.2 Å². The van der Waals surface area contributed by atoms with E-state index >= 15 is 0 Å². The molecule has 0 aliphatic heterocycles. The second-order valence-electron chi connectivity index (χ2n) is 4.18. The van der Waals surface area contributed by atoms with Crippen LogP contribution in [0.1, 0.15) is 39.0 Å². The van der Waals surface area contributed by atoms with E-state index in [0.29, 0.717) is 12.1 Å². The van der Waals surface area contributed by atoms with Gasteiger partial charge in [0.1, 0.15) is 6.54 Å². The number of nitrogens with one attached hydrogen (secondary N) is 1. The zero-order valence-electron chi connectivity index (χ0n) is 10.6. The van der Waals surface area contributed by atoms with E-state index in [1.54, 1.807) is 0 Å². The van der Waals surface area contributed by atoms with E-state index < -0.39 is 5.97 Å². The highest BCUT2D eigenvalue weighted by Gasteiger charge is 2.06. The number of aromatic nitrogens is 2. The Morgan fingerprint density at radius 2 is 2.17 bits per heavy atom. The fraction of sp³-hybridized carbons (Fsp3) is 0.583. The summed E-state index contributed by atoms with van der Waals surface area (Å²) in [5, 5.41) is 15.1. The maximum absolute atomic E-state index is 11.5. The van der Waals surface area contributed by atoms with Gasteiger partial charge in [0.2, 0.25) is 5.91 Å². The van der Waals surface area contributed by atoms with Gasteiger partial charge in [-0.1, -0.05) is 26.2 Å². The molecule has 0 saturated heterocycles. The van der Waals surface area contributed by atoms with Crippen LogP contribution < -0.4 is 5.32 Å². The van der Waals surface area contributed by atoms with Crippen molar-refractivity contribution in [1.29, 1.82) is 0 Å². The molecule has 18 heavy (non-hydrogen) atoms. The maximum atomic E-state index is 11.5. The van der Waals surface area contributed by atoms with Crippen molar-refractivity contribution in [2.45, 2.75) is 45.6 Å². The number of hydrogen-bond acceptors (Lipinski definition) is 3. The molecular weight excluding hydrogens is 234 g/mol. The molecule has 1 aromatic rings. The molecule has 0 aromatic carbocycles. The third-order valence-electron chi connectivity index (χ3n) is 2.47. The molecular formula is C12H19N3O3. The second-order valence-corrected chi connectivity index (χ2v) is 4.18. The molecule has 1 aromatic heterocycles. The Labute approximate surface area is 106 Å². The van der Waals surface area contributed by atoms with Crippen LogP contribution >= 0.6 is 0 Å². The first-order chi connectivity index (χ1) is 8.61. The van der Waals surface area contributed by atoms with Crippen LogP contribution in [0.3, 0.4) is 0 Å². The number of nitrogens with zero attached hydrogens (tertiary/aromatic N) is 2. The van der Waals surface area contributed by atoms with Gasteiger partial charge in [0.15, 0.2) is 0 Å². The van der Waals surface area contributed by atoms with Crippen LogP contribution in [0.2, 0.25) is 0 Å². The number of amides is 1. The zero-order valence-corrected chi connectivity index (χ0v) is 10.6. The lowest BCUT2D eigenvalue weighted by Gasteiger charge is -2.01. The Morgan fingerprint density at radius 3 is 2.83 bits per heavy atom. The first-order valence-electron chi connectivity index (χ1n) is 6.16. The molecule has 1 rings (SSSR count). The molecule has 6 heteroatoms. The van der Waals surface area contributed by atoms with E-state index in [4.69, 9.17) is 5.11 Å². The highest BCUT2D eigenvalue weighted by atomic mass is 16.4. The van der Waals surface area contributed by atoms with Crippen molar-refractivity contribution >= 4 is 17.6 Å². The Kier molecular flexibility index (Phi) is 5.90. The number of rotatable bonds is 8. The van der Waals surface area contributed by atoms with Crippen LogP contribution in [0.25, 0.3) is 0 Å². The molecule has 2 N–H and O–H groups in total. The van der Waals surface area contributed by atoms with E-state index in [-0.39, 0.29) is 12.5 Å². The summed E-state index contributed by atoms with van der Waals surface area (Å²) in [5.74, 6) is -1.02. The van der Waals surface area contributed by atoms with Gasteiger partial charge in [-0.25, -0.2) is 0 Å². The van der Waals surface area contributed by atoms with Gasteiger partial charge in [0.05, 0.1) is 11.9 Å². The summed E-state index contributed by atoms with van der Waals surface area (Å²) in [6, 6.07) is 0. The smallest absolute Gasteiger partial charge is 0.325 e. The molecule has 0 saturated carbocycles. The molecule has 0 bridgehead atoms. The lowest BCUT2D eigenvalue weighted by atomic mass is 10.1. The average molecular weight is 253 g/mol. The number of carbonyl (C=O) groups is 2. The molecule has 0 aliphatic rings. The average Bonchev–Trinajstić information content (AvgIpc) is 2.71. The van der Waals surface area contributed by atoms with Crippen LogP contribution in [0.5, 0.6) is 0 Å². The summed E-state index contributed by atoms with van der Waals surface area (Å²) >= 11 is 0. The fourth-order valence-electron chi connectivity index (χ4n) is 1.59. The van der Waals surface area contributed by atoms with Gasteiger partial charge in [-0.15, -0.1) is 0 Å². The molecule has 6 nitrogen and oxygen atoms in total. The van der Waals surface area contributed by atoms with Gasteiger partial charge in [0.25, 0.3) is 0 Å². The van der Waals surface area contributed by atoms with Crippen molar-refractivity contribution < 1.29 is 14.7 Å². The van der Waals surface area contributed by atoms with E-state index in [2.05, 4.69) is 17.3 Å². The SMILES string of the molecule is CCCCCCC(=O)Nc1cnn(CC(=O)O)c1. The number of anilines is 1. The van der Waals surface area contributed by atoms with Gasteiger partial charge in [-0.2, -0.15) is 5.10 Å². The minimum atomic E-state index is -0.962. The molecule has 0 unspecified atom stereocenters. The third-order valence-corrected chi connectivity index (χ3v) is 2.47. The van der Waals surface area contributed by atoms with E-state index in [0.717, 1.165) is 25.7 Å². The zero-order chi connectivity index (χ0) is 13.4. The van der Waals surface area contributed by atoms with Crippen molar-refractivity contribution in [2.75, 3.05) is 5.32 Å². The summed E-state index contributed by atoms with van der Waals surface area (Å²) < 4.78 is 1.27. The Hall–Kier alpha value is -1.85. The van der Waals surface area contributed by atoms with Crippen LogP contribution in [0, 0.1) is 0 Å². The first-order valence-corrected chi connectivity index (χ1v) is 6.16. The lowest BCUT2D eigenvalue weighted by Crippen LogP contribution is -2.11. The molecule has 0 atom stereocenters. The van der Waals surface area contributed by atoms with Crippen molar-refractivity contribution in [2.24, 2.45) is 0 Å². The van der Waals surface area contributed by atoms with Gasteiger partial charge < -0.3 is 10.4 Å². The van der Waals surface area contributed by atoms with Crippen LogP contribution in [0.4, 0.5) is 5.69 Å². The Morgan fingerprint density at radius 1 is 1.39 bits per heavy atom. The molecule has 1 amide bonds. The second kappa shape index (κ2) is 7.47. The van der Waals surface area contributed by atoms with Crippen molar-refractivity contribution in [3.8, 4) is 0 Å². The van der Waals surface area contributed by atoms with Gasteiger partial charge in [-0.3, -0.25) is 14.3 Å². The number of hydrogen-bond donors (Lipinski definition) is 2. The predicted molar refractivity (Wildman–Crippen MR) is 67.3 cm³/mol. The quantitative estimate of drug-likeness (QED) is 0.693. The van der Waals surface area contributed by atoms with Crippen LogP contribution in [0.15, 0.2) is 12.4 Å². The van der Waals surface area contributed by atoms with Crippen molar-refractivity contribution in [3.05, 3.63) is 12.4 Å². The number of carboxylic acid groups (broad SMARTS) is 1. The molecule has 0 fully saturated rings. The number of unbranched alkanes of at least 4 members (excludes halogenated alkanes) is 3. The summed E-state index contributed by atoms with van der Waals surface area (Å²) in [7, 11) is 0. The predicted octanol–water partition coefficient (Wildman–Crippen LogP) is 1.88. The third kappa shape index (κ3) is 5.47. The van der Waals surface area contributed by atoms with Crippen molar-refractivity contribution in [3.63, 3.8) is 0 Å². The highest BCUT2D eigenvalue weighted by molar-refractivity contribution is 5.90. The van der Waals surface area contributed by atoms with Gasteiger partial charge in [-0.05, 0) is 6.42 Å². The van der Waals surface area contributed by atoms with E-state index in [1.807, 2.05) is 0 Å². The fourth-order valence-corrected chi connectivity index (χ4v) is 1.59. The number of carbonyl (C=O) groups excluding carboxylic acids is 1. The minimum absolute atomic E-state index is 0.0546. The monoisotopic (exact) mass is 253 g/mol. The van der Waals surface area contributed by atoms with E-state index in [1.165, 1.54) is 17.1 Å².